The number of ether oxygens (including phenoxy) is 2. The Morgan fingerprint density at radius 2 is 2.06 bits per heavy atom. The number of nitrogens with zero attached hydrogens (tertiary/aromatic N) is 1. The van der Waals surface area contributed by atoms with Gasteiger partial charge in [0, 0.05) is 32.4 Å². The molecule has 0 aromatic heterocycles. The van der Waals surface area contributed by atoms with Crippen LogP contribution in [0.5, 0.6) is 0 Å². The molecule has 2 aliphatic rings. The summed E-state index contributed by atoms with van der Waals surface area (Å²) in [6, 6.07) is 0.442. The molecule has 1 atom stereocenters. The number of carboxylic acid groups (broad SMARTS) is 1. The van der Waals surface area contributed by atoms with Crippen LogP contribution in [-0.2, 0) is 14.3 Å². The van der Waals surface area contributed by atoms with Crippen LogP contribution in [0.1, 0.15) is 25.7 Å². The van der Waals surface area contributed by atoms with Crippen molar-refractivity contribution in [2.45, 2.75) is 31.7 Å². The van der Waals surface area contributed by atoms with Crippen molar-refractivity contribution < 1.29 is 19.4 Å². The lowest BCUT2D eigenvalue weighted by Gasteiger charge is -2.40. The highest BCUT2D eigenvalue weighted by molar-refractivity contribution is 5.75. The molecular formula is C13H23NO4. The number of carboxylic acids is 1. The van der Waals surface area contributed by atoms with Gasteiger partial charge in [-0.25, -0.2) is 0 Å². The summed E-state index contributed by atoms with van der Waals surface area (Å²) in [5.74, 6) is -0.721. The van der Waals surface area contributed by atoms with Crippen LogP contribution in [-0.4, -0.2) is 62.0 Å². The summed E-state index contributed by atoms with van der Waals surface area (Å²) in [6.07, 6.45) is 3.55. The highest BCUT2D eigenvalue weighted by Crippen LogP contribution is 2.31. The molecule has 2 fully saturated rings. The number of hydrogen-bond donors (Lipinski definition) is 1. The minimum atomic E-state index is -0.721. The van der Waals surface area contributed by atoms with E-state index < -0.39 is 11.4 Å². The average Bonchev–Trinajstić information content (AvgIpc) is 2.40. The molecule has 0 saturated carbocycles. The fourth-order valence-electron chi connectivity index (χ4n) is 2.95. The molecule has 0 spiro atoms. The Bertz CT molecular complexity index is 283. The van der Waals surface area contributed by atoms with E-state index in [1.54, 1.807) is 0 Å². The van der Waals surface area contributed by atoms with Crippen molar-refractivity contribution in [2.75, 3.05) is 40.0 Å². The monoisotopic (exact) mass is 257 g/mol. The zero-order chi connectivity index (χ0) is 13.0. The van der Waals surface area contributed by atoms with Crippen LogP contribution in [0.15, 0.2) is 0 Å². The van der Waals surface area contributed by atoms with E-state index in [0.29, 0.717) is 25.8 Å². The molecule has 2 heterocycles. The SMILES string of the molecule is CN(CC1(C(=O)O)CCCOC1)C1CCOCC1. The molecule has 0 aliphatic carbocycles. The third-order valence-corrected chi connectivity index (χ3v) is 4.14. The van der Waals surface area contributed by atoms with E-state index in [4.69, 9.17) is 9.47 Å². The van der Waals surface area contributed by atoms with Gasteiger partial charge in [0.05, 0.1) is 6.61 Å². The van der Waals surface area contributed by atoms with Crippen molar-refractivity contribution in [3.05, 3.63) is 0 Å². The largest absolute Gasteiger partial charge is 0.481 e. The van der Waals surface area contributed by atoms with Crippen LogP contribution in [0, 0.1) is 5.41 Å². The maximum absolute atomic E-state index is 11.6. The maximum atomic E-state index is 11.6. The lowest BCUT2D eigenvalue weighted by Crippen LogP contribution is -2.50. The van der Waals surface area contributed by atoms with E-state index in [-0.39, 0.29) is 0 Å². The minimum Gasteiger partial charge on any atom is -0.481 e. The van der Waals surface area contributed by atoms with Crippen LogP contribution in [0.2, 0.25) is 0 Å². The molecule has 2 rings (SSSR count). The quantitative estimate of drug-likeness (QED) is 0.813. The predicted octanol–water partition coefficient (Wildman–Crippen LogP) is 0.979. The summed E-state index contributed by atoms with van der Waals surface area (Å²) < 4.78 is 10.7. The molecular weight excluding hydrogens is 234 g/mol. The third kappa shape index (κ3) is 3.02. The predicted molar refractivity (Wildman–Crippen MR) is 66.6 cm³/mol. The maximum Gasteiger partial charge on any atom is 0.313 e. The fourth-order valence-corrected chi connectivity index (χ4v) is 2.95. The number of hydrogen-bond acceptors (Lipinski definition) is 4. The molecule has 5 heteroatoms. The molecule has 0 aromatic carbocycles. The Morgan fingerprint density at radius 1 is 1.33 bits per heavy atom. The fraction of sp³-hybridized carbons (Fsp3) is 0.923. The van der Waals surface area contributed by atoms with E-state index in [2.05, 4.69) is 4.90 Å². The number of carbonyl (C=O) groups is 1. The average molecular weight is 257 g/mol. The van der Waals surface area contributed by atoms with E-state index in [0.717, 1.165) is 38.9 Å². The first kappa shape index (κ1) is 13.8. The van der Waals surface area contributed by atoms with Gasteiger partial charge in [0.15, 0.2) is 0 Å². The van der Waals surface area contributed by atoms with Gasteiger partial charge in [0.1, 0.15) is 5.41 Å². The summed E-state index contributed by atoms with van der Waals surface area (Å²) in [5, 5.41) is 9.50. The number of rotatable bonds is 4. The topological polar surface area (TPSA) is 59.0 Å². The second-order valence-electron chi connectivity index (χ2n) is 5.50. The van der Waals surface area contributed by atoms with Gasteiger partial charge in [-0.05, 0) is 32.7 Å². The van der Waals surface area contributed by atoms with Crippen molar-refractivity contribution in [3.8, 4) is 0 Å². The molecule has 5 nitrogen and oxygen atoms in total. The Hall–Kier alpha value is -0.650. The molecule has 18 heavy (non-hydrogen) atoms. The molecule has 0 bridgehead atoms. The molecule has 104 valence electrons. The van der Waals surface area contributed by atoms with Crippen molar-refractivity contribution in [2.24, 2.45) is 5.41 Å². The molecule has 0 aromatic rings. The highest BCUT2D eigenvalue weighted by atomic mass is 16.5. The molecule has 0 amide bonds. The Labute approximate surface area is 108 Å². The lowest BCUT2D eigenvalue weighted by atomic mass is 9.81. The zero-order valence-corrected chi connectivity index (χ0v) is 11.1. The summed E-state index contributed by atoms with van der Waals surface area (Å²) in [5.41, 5.74) is -0.717. The van der Waals surface area contributed by atoms with E-state index in [9.17, 15) is 9.90 Å². The zero-order valence-electron chi connectivity index (χ0n) is 11.1. The van der Waals surface area contributed by atoms with Gasteiger partial charge in [0.25, 0.3) is 0 Å². The van der Waals surface area contributed by atoms with Gasteiger partial charge in [0.2, 0.25) is 0 Å². The lowest BCUT2D eigenvalue weighted by molar-refractivity contribution is -0.160. The summed E-state index contributed by atoms with van der Waals surface area (Å²) >= 11 is 0. The second kappa shape index (κ2) is 5.99. The van der Waals surface area contributed by atoms with Gasteiger partial charge in [-0.2, -0.15) is 0 Å². The Morgan fingerprint density at radius 3 is 2.61 bits per heavy atom. The van der Waals surface area contributed by atoms with Crippen molar-refractivity contribution in [3.63, 3.8) is 0 Å². The van der Waals surface area contributed by atoms with Gasteiger partial charge in [-0.15, -0.1) is 0 Å². The van der Waals surface area contributed by atoms with Gasteiger partial charge in [-0.3, -0.25) is 4.79 Å². The molecule has 2 aliphatic heterocycles. The Kier molecular flexibility index (Phi) is 4.59. The van der Waals surface area contributed by atoms with Crippen LogP contribution >= 0.6 is 0 Å². The highest BCUT2D eigenvalue weighted by Gasteiger charge is 2.42. The summed E-state index contributed by atoms with van der Waals surface area (Å²) in [7, 11) is 2.02. The van der Waals surface area contributed by atoms with E-state index in [1.807, 2.05) is 7.05 Å². The molecule has 2 saturated heterocycles. The van der Waals surface area contributed by atoms with Crippen LogP contribution in [0.4, 0.5) is 0 Å². The van der Waals surface area contributed by atoms with Crippen LogP contribution in [0.3, 0.4) is 0 Å². The molecule has 1 N–H and O–H groups in total. The van der Waals surface area contributed by atoms with Crippen LogP contribution < -0.4 is 0 Å². The summed E-state index contributed by atoms with van der Waals surface area (Å²) in [4.78, 5) is 13.7. The third-order valence-electron chi connectivity index (χ3n) is 4.14. The standard InChI is InChI=1S/C13H23NO4/c1-14(11-3-7-17-8-4-11)9-13(12(15)16)5-2-6-18-10-13/h11H,2-10H2,1H3,(H,15,16). The van der Waals surface area contributed by atoms with Crippen molar-refractivity contribution >= 4 is 5.97 Å². The van der Waals surface area contributed by atoms with E-state index in [1.165, 1.54) is 0 Å². The first-order valence-corrected chi connectivity index (χ1v) is 6.73. The van der Waals surface area contributed by atoms with Gasteiger partial charge >= 0.3 is 5.97 Å². The Balaban J connectivity index is 1.97. The summed E-state index contributed by atoms with van der Waals surface area (Å²) in [6.45, 7) is 3.18. The van der Waals surface area contributed by atoms with Gasteiger partial charge in [-0.1, -0.05) is 0 Å². The first-order valence-electron chi connectivity index (χ1n) is 6.73. The normalized spacial score (nSPS) is 30.6. The van der Waals surface area contributed by atoms with E-state index >= 15 is 0 Å². The van der Waals surface area contributed by atoms with Crippen molar-refractivity contribution in [1.29, 1.82) is 0 Å². The molecule has 1 unspecified atom stereocenters. The number of aliphatic carboxylic acids is 1. The first-order chi connectivity index (χ1) is 8.64. The second-order valence-corrected chi connectivity index (χ2v) is 5.50. The van der Waals surface area contributed by atoms with Crippen LogP contribution in [0.25, 0.3) is 0 Å². The smallest absolute Gasteiger partial charge is 0.313 e. The minimum absolute atomic E-state index is 0.343. The van der Waals surface area contributed by atoms with Crippen molar-refractivity contribution in [1.82, 2.24) is 4.90 Å². The molecule has 0 radical (unpaired) electrons. The van der Waals surface area contributed by atoms with Gasteiger partial charge < -0.3 is 19.5 Å².